The summed E-state index contributed by atoms with van der Waals surface area (Å²) in [6.45, 7) is 0. The maximum Gasteiger partial charge on any atom is 0.265 e. The van der Waals surface area contributed by atoms with Gasteiger partial charge in [0.2, 0.25) is 0 Å². The van der Waals surface area contributed by atoms with Crippen LogP contribution in [-0.4, -0.2) is 20.2 Å². The van der Waals surface area contributed by atoms with Crippen molar-refractivity contribution >= 4 is 50.2 Å². The first-order chi connectivity index (χ1) is 16.3. The van der Waals surface area contributed by atoms with E-state index in [1.165, 1.54) is 53.8 Å². The second-order valence-electron chi connectivity index (χ2n) is 7.10. The largest absolute Gasteiger partial charge is 0.322 e. The van der Waals surface area contributed by atoms with Crippen LogP contribution in [0.15, 0.2) is 95.2 Å². The monoisotopic (exact) mass is 495 g/mol. The fourth-order valence-electron chi connectivity index (χ4n) is 2.99. The molecule has 3 N–H and O–H groups in total. The molecule has 0 unspecified atom stereocenters. The molecular weight excluding hydrogens is 477 g/mol. The van der Waals surface area contributed by atoms with Gasteiger partial charge in [-0.1, -0.05) is 12.1 Å². The van der Waals surface area contributed by atoms with Crippen LogP contribution in [0.4, 0.5) is 21.5 Å². The number of nitrogens with one attached hydrogen (secondary N) is 3. The van der Waals surface area contributed by atoms with Gasteiger partial charge >= 0.3 is 0 Å². The molecule has 0 spiro atoms. The predicted molar refractivity (Wildman–Crippen MR) is 130 cm³/mol. The SMILES string of the molecule is O=C(Nc1ccc(S(=O)(=O)Nc2cccc(F)c2)cc1)c1ccc(NC(=O)c2cccs2)cc1. The van der Waals surface area contributed by atoms with E-state index in [9.17, 15) is 22.4 Å². The number of amides is 2. The topological polar surface area (TPSA) is 104 Å². The minimum atomic E-state index is -3.92. The molecule has 7 nitrogen and oxygen atoms in total. The molecule has 0 aliphatic heterocycles. The molecule has 10 heteroatoms. The Labute approximate surface area is 199 Å². The van der Waals surface area contributed by atoms with Crippen LogP contribution < -0.4 is 15.4 Å². The fraction of sp³-hybridized carbons (Fsp3) is 0. The van der Waals surface area contributed by atoms with Gasteiger partial charge in [0.25, 0.3) is 21.8 Å². The number of rotatable bonds is 7. The molecule has 1 aromatic heterocycles. The molecule has 0 aliphatic carbocycles. The van der Waals surface area contributed by atoms with Crippen LogP contribution in [-0.2, 0) is 10.0 Å². The lowest BCUT2D eigenvalue weighted by Gasteiger charge is -2.10. The van der Waals surface area contributed by atoms with Gasteiger partial charge in [-0.05, 0) is 78.2 Å². The molecule has 1 heterocycles. The Morgan fingerprint density at radius 1 is 0.735 bits per heavy atom. The molecular formula is C24H18FN3O4S2. The summed E-state index contributed by atoms with van der Waals surface area (Å²) in [5.41, 5.74) is 1.41. The highest BCUT2D eigenvalue weighted by atomic mass is 32.2. The van der Waals surface area contributed by atoms with Crippen LogP contribution in [0.25, 0.3) is 0 Å². The second-order valence-corrected chi connectivity index (χ2v) is 9.73. The van der Waals surface area contributed by atoms with Crippen molar-refractivity contribution < 1.29 is 22.4 Å². The van der Waals surface area contributed by atoms with Crippen LogP contribution in [0.1, 0.15) is 20.0 Å². The molecule has 0 saturated heterocycles. The van der Waals surface area contributed by atoms with Gasteiger partial charge in [-0.2, -0.15) is 0 Å². The zero-order valence-corrected chi connectivity index (χ0v) is 19.1. The fourth-order valence-corrected chi connectivity index (χ4v) is 4.66. The number of hydrogen-bond donors (Lipinski definition) is 3. The average Bonchev–Trinajstić information content (AvgIpc) is 3.35. The van der Waals surface area contributed by atoms with Gasteiger partial charge in [-0.15, -0.1) is 11.3 Å². The lowest BCUT2D eigenvalue weighted by atomic mass is 10.2. The van der Waals surface area contributed by atoms with E-state index >= 15 is 0 Å². The molecule has 34 heavy (non-hydrogen) atoms. The van der Waals surface area contributed by atoms with E-state index in [4.69, 9.17) is 0 Å². The van der Waals surface area contributed by atoms with Crippen LogP contribution in [0, 0.1) is 5.82 Å². The number of sulfonamides is 1. The number of carbonyl (C=O) groups is 2. The average molecular weight is 496 g/mol. The third-order valence-electron chi connectivity index (χ3n) is 4.65. The molecule has 3 aromatic carbocycles. The Bertz CT molecular complexity index is 1420. The van der Waals surface area contributed by atoms with E-state index in [1.807, 2.05) is 5.38 Å². The van der Waals surface area contributed by atoms with E-state index in [0.29, 0.717) is 21.8 Å². The number of carbonyl (C=O) groups excluding carboxylic acids is 2. The van der Waals surface area contributed by atoms with Crippen molar-refractivity contribution in [2.75, 3.05) is 15.4 Å². The van der Waals surface area contributed by atoms with E-state index in [1.54, 1.807) is 36.4 Å². The van der Waals surface area contributed by atoms with E-state index in [0.717, 1.165) is 6.07 Å². The van der Waals surface area contributed by atoms with Crippen LogP contribution >= 0.6 is 11.3 Å². The molecule has 4 aromatic rings. The molecule has 0 fully saturated rings. The minimum absolute atomic E-state index is 0.0411. The van der Waals surface area contributed by atoms with Gasteiger partial charge in [0, 0.05) is 16.9 Å². The molecule has 0 aliphatic rings. The zero-order chi connectivity index (χ0) is 24.1. The summed E-state index contributed by atoms with van der Waals surface area (Å²) in [7, 11) is -3.92. The normalized spacial score (nSPS) is 11.0. The lowest BCUT2D eigenvalue weighted by molar-refractivity contribution is 0.102. The summed E-state index contributed by atoms with van der Waals surface area (Å²) < 4.78 is 40.6. The molecule has 2 amide bonds. The Hall–Kier alpha value is -4.02. The maximum absolute atomic E-state index is 13.3. The van der Waals surface area contributed by atoms with Crippen molar-refractivity contribution in [3.8, 4) is 0 Å². The quantitative estimate of drug-likeness (QED) is 0.328. The molecule has 0 saturated carbocycles. The number of anilines is 3. The predicted octanol–water partition coefficient (Wildman–Crippen LogP) is 5.19. The van der Waals surface area contributed by atoms with Crippen molar-refractivity contribution in [1.82, 2.24) is 0 Å². The van der Waals surface area contributed by atoms with Crippen LogP contribution in [0.2, 0.25) is 0 Å². The summed E-state index contributed by atoms with van der Waals surface area (Å²) in [5.74, 6) is -1.19. The maximum atomic E-state index is 13.3. The van der Waals surface area contributed by atoms with Gasteiger partial charge in [-0.3, -0.25) is 14.3 Å². The van der Waals surface area contributed by atoms with Crippen molar-refractivity contribution in [3.05, 3.63) is 107 Å². The molecule has 172 valence electrons. The van der Waals surface area contributed by atoms with Crippen molar-refractivity contribution in [2.24, 2.45) is 0 Å². The standard InChI is InChI=1S/C24H18FN3O4S2/c25-17-3-1-4-20(15-17)28-34(31,32)21-12-10-19(11-13-21)26-23(29)16-6-8-18(9-7-16)27-24(30)22-5-2-14-33-22/h1-15,28H,(H,26,29)(H,27,30). The highest BCUT2D eigenvalue weighted by molar-refractivity contribution is 7.92. The first kappa shape index (κ1) is 23.1. The third kappa shape index (κ3) is 5.66. The van der Waals surface area contributed by atoms with Crippen molar-refractivity contribution in [1.29, 1.82) is 0 Å². The van der Waals surface area contributed by atoms with Crippen LogP contribution in [0.5, 0.6) is 0 Å². The van der Waals surface area contributed by atoms with E-state index in [2.05, 4.69) is 15.4 Å². The van der Waals surface area contributed by atoms with E-state index < -0.39 is 21.7 Å². The summed E-state index contributed by atoms with van der Waals surface area (Å²) in [6.07, 6.45) is 0. The summed E-state index contributed by atoms with van der Waals surface area (Å²) in [5, 5.41) is 7.25. The highest BCUT2D eigenvalue weighted by Crippen LogP contribution is 2.20. The van der Waals surface area contributed by atoms with Crippen LogP contribution in [0.3, 0.4) is 0 Å². The van der Waals surface area contributed by atoms with Crippen molar-refractivity contribution in [3.63, 3.8) is 0 Å². The molecule has 0 bridgehead atoms. The Morgan fingerprint density at radius 3 is 2.00 bits per heavy atom. The van der Waals surface area contributed by atoms with E-state index in [-0.39, 0.29) is 16.5 Å². The second kappa shape index (κ2) is 9.86. The Kier molecular flexibility index (Phi) is 6.71. The number of hydrogen-bond acceptors (Lipinski definition) is 5. The summed E-state index contributed by atoms with van der Waals surface area (Å²) in [4.78, 5) is 25.2. The van der Waals surface area contributed by atoms with Gasteiger partial charge < -0.3 is 10.6 Å². The number of halogens is 1. The number of benzene rings is 3. The van der Waals surface area contributed by atoms with Crippen molar-refractivity contribution in [2.45, 2.75) is 4.90 Å². The van der Waals surface area contributed by atoms with Gasteiger partial charge in [0.15, 0.2) is 0 Å². The number of thiophene rings is 1. The lowest BCUT2D eigenvalue weighted by Crippen LogP contribution is -2.14. The highest BCUT2D eigenvalue weighted by Gasteiger charge is 2.15. The smallest absolute Gasteiger partial charge is 0.265 e. The zero-order valence-electron chi connectivity index (χ0n) is 17.5. The van der Waals surface area contributed by atoms with Gasteiger partial charge in [0.1, 0.15) is 5.82 Å². The Morgan fingerprint density at radius 2 is 1.38 bits per heavy atom. The first-order valence-electron chi connectivity index (χ1n) is 9.95. The summed E-state index contributed by atoms with van der Waals surface area (Å²) >= 11 is 1.33. The molecule has 4 rings (SSSR count). The summed E-state index contributed by atoms with van der Waals surface area (Å²) in [6, 6.07) is 20.6. The van der Waals surface area contributed by atoms with Gasteiger partial charge in [-0.25, -0.2) is 12.8 Å². The first-order valence-corrected chi connectivity index (χ1v) is 12.3. The Balaban J connectivity index is 1.38. The molecule has 0 radical (unpaired) electrons. The van der Waals surface area contributed by atoms with Gasteiger partial charge in [0.05, 0.1) is 15.5 Å². The third-order valence-corrected chi connectivity index (χ3v) is 6.92. The minimum Gasteiger partial charge on any atom is -0.322 e. The molecule has 0 atom stereocenters.